The number of carboxylic acid groups (broad SMARTS) is 2. The number of ether oxygens (including phenoxy) is 1. The molecule has 0 radical (unpaired) electrons. The van der Waals surface area contributed by atoms with E-state index in [-0.39, 0.29) is 23.5 Å². The molecule has 22 heavy (non-hydrogen) atoms. The third-order valence-corrected chi connectivity index (χ3v) is 2.89. The summed E-state index contributed by atoms with van der Waals surface area (Å²) in [4.78, 5) is 22.0. The molecule has 2 aromatic carbocycles. The van der Waals surface area contributed by atoms with E-state index in [0.29, 0.717) is 5.56 Å². The van der Waals surface area contributed by atoms with Gasteiger partial charge in [-0.05, 0) is 35.9 Å². The molecule has 0 spiro atoms. The maximum atomic E-state index is 11.0. The predicted molar refractivity (Wildman–Crippen MR) is 75.8 cm³/mol. The van der Waals surface area contributed by atoms with E-state index in [2.05, 4.69) is 0 Å². The molecule has 0 aliphatic heterocycles. The summed E-state index contributed by atoms with van der Waals surface area (Å²) in [7, 11) is 0. The monoisotopic (exact) mass is 297 g/mol. The number of hydrogen-bond donors (Lipinski definition) is 2. The molecule has 2 aromatic rings. The molecular formula is C16H11NO5. The third kappa shape index (κ3) is 3.61. The topological polar surface area (TPSA) is 108 Å². The Labute approximate surface area is 125 Å². The van der Waals surface area contributed by atoms with Gasteiger partial charge in [0.1, 0.15) is 12.4 Å². The zero-order valence-electron chi connectivity index (χ0n) is 11.3. The number of nitriles is 1. The average Bonchev–Trinajstić information content (AvgIpc) is 2.53. The van der Waals surface area contributed by atoms with Gasteiger partial charge in [-0.25, -0.2) is 9.59 Å². The predicted octanol–water partition coefficient (Wildman–Crippen LogP) is 2.53. The normalized spacial score (nSPS) is 9.77. The van der Waals surface area contributed by atoms with Crippen LogP contribution in [0.1, 0.15) is 31.8 Å². The van der Waals surface area contributed by atoms with E-state index in [1.54, 1.807) is 24.3 Å². The molecule has 0 heterocycles. The van der Waals surface area contributed by atoms with Crippen LogP contribution < -0.4 is 4.74 Å². The van der Waals surface area contributed by atoms with Gasteiger partial charge in [-0.1, -0.05) is 12.1 Å². The van der Waals surface area contributed by atoms with Gasteiger partial charge in [0.2, 0.25) is 0 Å². The molecule has 0 amide bonds. The molecule has 0 atom stereocenters. The van der Waals surface area contributed by atoms with E-state index in [1.165, 1.54) is 12.1 Å². The van der Waals surface area contributed by atoms with Crippen LogP contribution in [-0.4, -0.2) is 22.2 Å². The van der Waals surface area contributed by atoms with E-state index in [9.17, 15) is 9.59 Å². The Morgan fingerprint density at radius 2 is 1.55 bits per heavy atom. The summed E-state index contributed by atoms with van der Waals surface area (Å²) < 4.78 is 5.44. The van der Waals surface area contributed by atoms with Gasteiger partial charge in [-0.3, -0.25) is 0 Å². The van der Waals surface area contributed by atoms with E-state index >= 15 is 0 Å². The number of nitrogens with zero attached hydrogens (tertiary/aromatic N) is 1. The Balaban J connectivity index is 2.19. The fraction of sp³-hybridized carbons (Fsp3) is 0.0625. The van der Waals surface area contributed by atoms with Crippen molar-refractivity contribution in [3.63, 3.8) is 0 Å². The Morgan fingerprint density at radius 3 is 2.00 bits per heavy atom. The quantitative estimate of drug-likeness (QED) is 0.878. The second-order valence-corrected chi connectivity index (χ2v) is 4.45. The first kappa shape index (κ1) is 15.1. The lowest BCUT2D eigenvalue weighted by atomic mass is 10.1. The van der Waals surface area contributed by atoms with Crippen LogP contribution >= 0.6 is 0 Å². The van der Waals surface area contributed by atoms with Crippen LogP contribution in [0.3, 0.4) is 0 Å². The van der Waals surface area contributed by atoms with E-state index < -0.39 is 11.9 Å². The van der Waals surface area contributed by atoms with Gasteiger partial charge in [-0.15, -0.1) is 0 Å². The second-order valence-electron chi connectivity index (χ2n) is 4.45. The molecule has 6 heteroatoms. The molecular weight excluding hydrogens is 286 g/mol. The zero-order valence-corrected chi connectivity index (χ0v) is 11.3. The highest BCUT2D eigenvalue weighted by atomic mass is 16.5. The van der Waals surface area contributed by atoms with Crippen LogP contribution in [0.4, 0.5) is 0 Å². The maximum absolute atomic E-state index is 11.0. The first-order valence-corrected chi connectivity index (χ1v) is 6.23. The van der Waals surface area contributed by atoms with Gasteiger partial charge in [-0.2, -0.15) is 5.26 Å². The van der Waals surface area contributed by atoms with Crippen molar-refractivity contribution in [1.29, 1.82) is 5.26 Å². The van der Waals surface area contributed by atoms with Crippen molar-refractivity contribution in [2.75, 3.05) is 0 Å². The van der Waals surface area contributed by atoms with Crippen LogP contribution in [-0.2, 0) is 6.61 Å². The fourth-order valence-electron chi connectivity index (χ4n) is 1.77. The van der Waals surface area contributed by atoms with E-state index in [1.807, 2.05) is 6.07 Å². The minimum Gasteiger partial charge on any atom is -0.489 e. The van der Waals surface area contributed by atoms with Gasteiger partial charge < -0.3 is 14.9 Å². The van der Waals surface area contributed by atoms with Gasteiger partial charge in [0.15, 0.2) is 0 Å². The summed E-state index contributed by atoms with van der Waals surface area (Å²) in [6.45, 7) is 0.133. The molecule has 2 rings (SSSR count). The van der Waals surface area contributed by atoms with Gasteiger partial charge in [0, 0.05) is 0 Å². The first-order chi connectivity index (χ1) is 10.5. The molecule has 0 unspecified atom stereocenters. The van der Waals surface area contributed by atoms with E-state index in [0.717, 1.165) is 11.6 Å². The Hall–Kier alpha value is -3.33. The standard InChI is InChI=1S/C16H11NO5/c17-8-10-1-3-11(4-2-10)9-22-14-6-12(15(18)19)5-13(7-14)16(20)21/h1-7H,9H2,(H,18,19)(H,20,21). The van der Waals surface area contributed by atoms with Crippen molar-refractivity contribution in [2.24, 2.45) is 0 Å². The van der Waals surface area contributed by atoms with Crippen LogP contribution in [0.5, 0.6) is 5.75 Å². The number of benzene rings is 2. The van der Waals surface area contributed by atoms with Gasteiger partial charge in [0.25, 0.3) is 0 Å². The Morgan fingerprint density at radius 1 is 1.00 bits per heavy atom. The Kier molecular flexibility index (Phi) is 4.39. The van der Waals surface area contributed by atoms with Crippen LogP contribution in [0.2, 0.25) is 0 Å². The smallest absolute Gasteiger partial charge is 0.335 e. The highest BCUT2D eigenvalue weighted by molar-refractivity contribution is 5.94. The summed E-state index contributed by atoms with van der Waals surface area (Å²) in [5, 5.41) is 26.7. The molecule has 0 fully saturated rings. The zero-order chi connectivity index (χ0) is 16.1. The highest BCUT2D eigenvalue weighted by Gasteiger charge is 2.12. The minimum absolute atomic E-state index is 0.133. The van der Waals surface area contributed by atoms with Crippen molar-refractivity contribution in [3.05, 3.63) is 64.7 Å². The van der Waals surface area contributed by atoms with Crippen LogP contribution in [0.25, 0.3) is 0 Å². The van der Waals surface area contributed by atoms with Crippen molar-refractivity contribution in [2.45, 2.75) is 6.61 Å². The lowest BCUT2D eigenvalue weighted by Crippen LogP contribution is -2.04. The average molecular weight is 297 g/mol. The van der Waals surface area contributed by atoms with Crippen molar-refractivity contribution in [1.82, 2.24) is 0 Å². The summed E-state index contributed by atoms with van der Waals surface area (Å²) in [6.07, 6.45) is 0. The minimum atomic E-state index is -1.23. The highest BCUT2D eigenvalue weighted by Crippen LogP contribution is 2.19. The molecule has 0 saturated heterocycles. The molecule has 0 saturated carbocycles. The second kappa shape index (κ2) is 6.41. The number of carboxylic acids is 2. The van der Waals surface area contributed by atoms with Gasteiger partial charge >= 0.3 is 11.9 Å². The molecule has 0 aromatic heterocycles. The molecule has 0 aliphatic carbocycles. The fourth-order valence-corrected chi connectivity index (χ4v) is 1.77. The van der Waals surface area contributed by atoms with Crippen molar-refractivity contribution in [3.8, 4) is 11.8 Å². The first-order valence-electron chi connectivity index (χ1n) is 6.23. The maximum Gasteiger partial charge on any atom is 0.335 e. The summed E-state index contributed by atoms with van der Waals surface area (Å²) in [5.41, 5.74) is 0.978. The molecule has 6 nitrogen and oxygen atoms in total. The number of carbonyl (C=O) groups is 2. The van der Waals surface area contributed by atoms with E-state index in [4.69, 9.17) is 20.2 Å². The van der Waals surface area contributed by atoms with Crippen LogP contribution in [0.15, 0.2) is 42.5 Å². The third-order valence-electron chi connectivity index (χ3n) is 2.89. The SMILES string of the molecule is N#Cc1ccc(COc2cc(C(=O)O)cc(C(=O)O)c2)cc1. The summed E-state index contributed by atoms with van der Waals surface area (Å²) >= 11 is 0. The molecule has 0 bridgehead atoms. The van der Waals surface area contributed by atoms with Crippen LogP contribution in [0, 0.1) is 11.3 Å². The molecule has 2 N–H and O–H groups in total. The largest absolute Gasteiger partial charge is 0.489 e. The lowest BCUT2D eigenvalue weighted by molar-refractivity contribution is 0.0696. The van der Waals surface area contributed by atoms with Crippen molar-refractivity contribution >= 4 is 11.9 Å². The molecule has 0 aliphatic rings. The van der Waals surface area contributed by atoms with Gasteiger partial charge in [0.05, 0.1) is 22.8 Å². The summed E-state index contributed by atoms with van der Waals surface area (Å²) in [6, 6.07) is 12.3. The molecule has 110 valence electrons. The lowest BCUT2D eigenvalue weighted by Gasteiger charge is -2.08. The Bertz CT molecular complexity index is 727. The number of aromatic carboxylic acids is 2. The summed E-state index contributed by atoms with van der Waals surface area (Å²) in [5.74, 6) is -2.31. The number of rotatable bonds is 5. The number of hydrogen-bond acceptors (Lipinski definition) is 4. The van der Waals surface area contributed by atoms with Crippen molar-refractivity contribution < 1.29 is 24.5 Å².